The van der Waals surface area contributed by atoms with E-state index in [-0.39, 0.29) is 16.1 Å². The van der Waals surface area contributed by atoms with Crippen LogP contribution in [0.3, 0.4) is 0 Å². The van der Waals surface area contributed by atoms with Gasteiger partial charge in [0.1, 0.15) is 5.82 Å². The summed E-state index contributed by atoms with van der Waals surface area (Å²) in [5.74, 6) is 6.02. The van der Waals surface area contributed by atoms with Gasteiger partial charge in [-0.05, 0) is 11.5 Å². The van der Waals surface area contributed by atoms with E-state index in [0.29, 0.717) is 16.7 Å². The highest BCUT2D eigenvalue weighted by Gasteiger charge is 2.21. The van der Waals surface area contributed by atoms with E-state index >= 15 is 0 Å². The summed E-state index contributed by atoms with van der Waals surface area (Å²) >= 11 is 6.07. The second-order valence-corrected chi connectivity index (χ2v) is 5.94. The highest BCUT2D eigenvalue weighted by molar-refractivity contribution is 6.35. The number of hydrazine groups is 1. The number of pyridine rings is 1. The molecule has 0 spiro atoms. The zero-order valence-electron chi connectivity index (χ0n) is 11.4. The van der Waals surface area contributed by atoms with Crippen molar-refractivity contribution in [2.75, 3.05) is 5.43 Å². The molecule has 0 bridgehead atoms. The molecule has 106 valence electrons. The summed E-state index contributed by atoms with van der Waals surface area (Å²) in [6.45, 7) is 6.03. The van der Waals surface area contributed by atoms with E-state index in [2.05, 4.69) is 10.4 Å². The summed E-state index contributed by atoms with van der Waals surface area (Å²) in [5, 5.41) is 11.7. The average Bonchev–Trinajstić information content (AvgIpc) is 2.36. The molecule has 20 heavy (non-hydrogen) atoms. The minimum atomic E-state index is -0.475. The number of nitrogen functional groups attached to an aromatic ring is 1. The van der Waals surface area contributed by atoms with E-state index in [1.54, 1.807) is 0 Å². The van der Waals surface area contributed by atoms with Crippen LogP contribution >= 0.6 is 11.6 Å². The first-order valence-corrected chi connectivity index (χ1v) is 6.37. The fourth-order valence-corrected chi connectivity index (χ4v) is 2.28. The predicted molar refractivity (Wildman–Crippen MR) is 79.9 cm³/mol. The van der Waals surface area contributed by atoms with Crippen molar-refractivity contribution in [1.29, 1.82) is 0 Å². The fourth-order valence-electron chi connectivity index (χ4n) is 2.02. The first-order chi connectivity index (χ1) is 9.24. The first kappa shape index (κ1) is 14.5. The van der Waals surface area contributed by atoms with E-state index in [4.69, 9.17) is 17.4 Å². The zero-order valence-corrected chi connectivity index (χ0v) is 12.2. The van der Waals surface area contributed by atoms with Gasteiger partial charge < -0.3 is 5.43 Å². The standard InChI is InChI=1S/C13H15ClN4O2/c1-13(2,3)9-5-7-4-8(18(19)20)6-10(14)11(7)16-12(9)17-15/h4-6H,15H2,1-3H3,(H,16,17). The molecule has 0 aliphatic rings. The second kappa shape index (κ2) is 4.88. The van der Waals surface area contributed by atoms with Gasteiger partial charge in [-0.15, -0.1) is 0 Å². The fraction of sp³-hybridized carbons (Fsp3) is 0.308. The number of non-ortho nitro benzene ring substituents is 1. The van der Waals surface area contributed by atoms with Crippen LogP contribution in [0.5, 0.6) is 0 Å². The highest BCUT2D eigenvalue weighted by atomic mass is 35.5. The lowest BCUT2D eigenvalue weighted by Crippen LogP contribution is -2.19. The number of nitro benzene ring substituents is 1. The van der Waals surface area contributed by atoms with E-state index in [1.807, 2.05) is 26.8 Å². The van der Waals surface area contributed by atoms with Crippen LogP contribution < -0.4 is 11.3 Å². The molecule has 0 atom stereocenters. The third kappa shape index (κ3) is 2.52. The molecule has 0 fully saturated rings. The first-order valence-electron chi connectivity index (χ1n) is 6.00. The van der Waals surface area contributed by atoms with Crippen LogP contribution in [0.2, 0.25) is 5.02 Å². The quantitative estimate of drug-likeness (QED) is 0.503. The van der Waals surface area contributed by atoms with Crippen LogP contribution in [-0.4, -0.2) is 9.91 Å². The highest BCUT2D eigenvalue weighted by Crippen LogP contribution is 2.35. The average molecular weight is 295 g/mol. The Balaban J connectivity index is 2.81. The van der Waals surface area contributed by atoms with Crippen molar-refractivity contribution in [3.8, 4) is 0 Å². The number of nitrogens with zero attached hydrogens (tertiary/aromatic N) is 2. The Morgan fingerprint density at radius 2 is 2.00 bits per heavy atom. The third-order valence-electron chi connectivity index (χ3n) is 3.01. The monoisotopic (exact) mass is 294 g/mol. The molecule has 1 heterocycles. The summed E-state index contributed by atoms with van der Waals surface area (Å²) in [6, 6.07) is 4.58. The van der Waals surface area contributed by atoms with Gasteiger partial charge in [0.05, 0.1) is 15.5 Å². The summed E-state index contributed by atoms with van der Waals surface area (Å²) < 4.78 is 0. The number of nitrogens with one attached hydrogen (secondary N) is 1. The minimum Gasteiger partial charge on any atom is -0.308 e. The normalized spacial score (nSPS) is 11.7. The van der Waals surface area contributed by atoms with Crippen LogP contribution in [0.4, 0.5) is 11.5 Å². The predicted octanol–water partition coefficient (Wildman–Crippen LogP) is 3.38. The molecule has 0 aliphatic heterocycles. The molecule has 2 rings (SSSR count). The molecule has 0 saturated carbocycles. The van der Waals surface area contributed by atoms with Crippen molar-refractivity contribution in [2.45, 2.75) is 26.2 Å². The number of hydrogen-bond donors (Lipinski definition) is 2. The van der Waals surface area contributed by atoms with Gasteiger partial charge in [-0.2, -0.15) is 0 Å². The SMILES string of the molecule is CC(C)(C)c1cc2cc([N+](=O)[O-])cc(Cl)c2nc1NN. The van der Waals surface area contributed by atoms with Gasteiger partial charge in [-0.25, -0.2) is 10.8 Å². The zero-order chi connectivity index (χ0) is 15.1. The van der Waals surface area contributed by atoms with E-state index in [9.17, 15) is 10.1 Å². The maximum atomic E-state index is 10.9. The number of fused-ring (bicyclic) bond motifs is 1. The van der Waals surface area contributed by atoms with Crippen molar-refractivity contribution in [3.05, 3.63) is 38.9 Å². The van der Waals surface area contributed by atoms with Crippen molar-refractivity contribution in [2.24, 2.45) is 5.84 Å². The van der Waals surface area contributed by atoms with Gasteiger partial charge >= 0.3 is 0 Å². The Hall–Kier alpha value is -1.92. The second-order valence-electron chi connectivity index (χ2n) is 5.54. The van der Waals surface area contributed by atoms with Crippen LogP contribution in [0.15, 0.2) is 18.2 Å². The van der Waals surface area contributed by atoms with E-state index in [0.717, 1.165) is 5.56 Å². The minimum absolute atomic E-state index is 0.0578. The van der Waals surface area contributed by atoms with E-state index in [1.165, 1.54) is 12.1 Å². The Labute approximate surface area is 121 Å². The summed E-state index contributed by atoms with van der Waals surface area (Å²) in [6.07, 6.45) is 0. The van der Waals surface area contributed by atoms with Crippen molar-refractivity contribution in [3.63, 3.8) is 0 Å². The maximum Gasteiger partial charge on any atom is 0.271 e. The number of nitrogens with two attached hydrogens (primary N) is 1. The molecule has 0 unspecified atom stereocenters. The molecular formula is C13H15ClN4O2. The van der Waals surface area contributed by atoms with E-state index < -0.39 is 4.92 Å². The lowest BCUT2D eigenvalue weighted by molar-refractivity contribution is -0.384. The molecule has 1 aromatic heterocycles. The number of nitro groups is 1. The van der Waals surface area contributed by atoms with Gasteiger partial charge in [-0.3, -0.25) is 10.1 Å². The lowest BCUT2D eigenvalue weighted by atomic mass is 9.86. The Morgan fingerprint density at radius 1 is 1.35 bits per heavy atom. The summed E-state index contributed by atoms with van der Waals surface area (Å²) in [4.78, 5) is 14.8. The molecule has 0 saturated heterocycles. The molecule has 0 amide bonds. The maximum absolute atomic E-state index is 10.9. The molecular weight excluding hydrogens is 280 g/mol. The van der Waals surface area contributed by atoms with Crippen molar-refractivity contribution < 1.29 is 4.92 Å². The van der Waals surface area contributed by atoms with Crippen LogP contribution in [-0.2, 0) is 5.41 Å². The van der Waals surface area contributed by atoms with Crippen LogP contribution in [0.25, 0.3) is 10.9 Å². The molecule has 2 aromatic rings. The third-order valence-corrected chi connectivity index (χ3v) is 3.30. The largest absolute Gasteiger partial charge is 0.308 e. The molecule has 7 heteroatoms. The van der Waals surface area contributed by atoms with Gasteiger partial charge in [0.2, 0.25) is 0 Å². The smallest absolute Gasteiger partial charge is 0.271 e. The molecule has 3 N–H and O–H groups in total. The lowest BCUT2D eigenvalue weighted by Gasteiger charge is -2.22. The van der Waals surface area contributed by atoms with Crippen LogP contribution in [0, 0.1) is 10.1 Å². The molecule has 0 aliphatic carbocycles. The topological polar surface area (TPSA) is 94.1 Å². The van der Waals surface area contributed by atoms with Crippen molar-refractivity contribution >= 4 is 34.0 Å². The number of hydrogen-bond acceptors (Lipinski definition) is 5. The summed E-state index contributed by atoms with van der Waals surface area (Å²) in [5.41, 5.74) is 3.64. The molecule has 1 aromatic carbocycles. The number of benzene rings is 1. The van der Waals surface area contributed by atoms with Gasteiger partial charge in [0, 0.05) is 23.1 Å². The summed E-state index contributed by atoms with van der Waals surface area (Å²) in [7, 11) is 0. The van der Waals surface area contributed by atoms with Crippen molar-refractivity contribution in [1.82, 2.24) is 4.98 Å². The van der Waals surface area contributed by atoms with Crippen LogP contribution in [0.1, 0.15) is 26.3 Å². The Bertz CT molecular complexity index is 695. The van der Waals surface area contributed by atoms with Gasteiger partial charge in [-0.1, -0.05) is 32.4 Å². The van der Waals surface area contributed by atoms with Gasteiger partial charge in [0.25, 0.3) is 5.69 Å². The molecule has 6 nitrogen and oxygen atoms in total. The Morgan fingerprint density at radius 3 is 2.50 bits per heavy atom. The number of halogens is 1. The van der Waals surface area contributed by atoms with Gasteiger partial charge in [0.15, 0.2) is 0 Å². The Kier molecular flexibility index (Phi) is 3.54. The number of aromatic nitrogens is 1. The number of rotatable bonds is 2. The molecule has 0 radical (unpaired) electrons. The number of anilines is 1.